The molecule has 0 heterocycles. The molecule has 0 bridgehead atoms. The number of aryl methyl sites for hydroxylation is 4. The van der Waals surface area contributed by atoms with Gasteiger partial charge in [-0.3, -0.25) is 0 Å². The van der Waals surface area contributed by atoms with Crippen molar-refractivity contribution in [2.75, 3.05) is 0 Å². The molecule has 0 radical (unpaired) electrons. The molecule has 0 aliphatic carbocycles. The van der Waals surface area contributed by atoms with E-state index in [0.717, 1.165) is 12.8 Å². The van der Waals surface area contributed by atoms with Gasteiger partial charge in [0.15, 0.2) is 0 Å². The zero-order chi connectivity index (χ0) is 31.5. The normalized spacial score (nSPS) is 12.2. The topological polar surface area (TPSA) is 0 Å². The number of hydrogen-bond donors (Lipinski definition) is 0. The van der Waals surface area contributed by atoms with Crippen LogP contribution in [0.2, 0.25) is 0 Å². The molecule has 0 saturated heterocycles. The van der Waals surface area contributed by atoms with Crippen LogP contribution in [0.15, 0.2) is 115 Å². The Kier molecular flexibility index (Phi) is 9.04. The Labute approximate surface area is 270 Å². The Balaban J connectivity index is 1.46. The summed E-state index contributed by atoms with van der Waals surface area (Å²) in [5, 5.41) is 5.21. The summed E-state index contributed by atoms with van der Waals surface area (Å²) < 4.78 is 0. The van der Waals surface area contributed by atoms with Crippen LogP contribution in [0.25, 0.3) is 32.7 Å². The first-order valence-corrected chi connectivity index (χ1v) is 16.8. The maximum Gasteiger partial charge on any atom is 0.0345 e. The van der Waals surface area contributed by atoms with Crippen LogP contribution >= 0.6 is 0 Å². The number of fused-ring (bicyclic) bond motifs is 2. The van der Waals surface area contributed by atoms with Crippen LogP contribution in [0.4, 0.5) is 0 Å². The lowest BCUT2D eigenvalue weighted by molar-refractivity contribution is 0.824. The Bertz CT molecular complexity index is 1970. The van der Waals surface area contributed by atoms with Gasteiger partial charge in [-0.25, -0.2) is 0 Å². The van der Waals surface area contributed by atoms with E-state index in [9.17, 15) is 0 Å². The van der Waals surface area contributed by atoms with Crippen molar-refractivity contribution in [1.29, 1.82) is 0 Å². The Hall–Kier alpha value is -4.42. The summed E-state index contributed by atoms with van der Waals surface area (Å²) in [4.78, 5) is 0. The number of allylic oxidation sites excluding steroid dienone is 2. The van der Waals surface area contributed by atoms with Crippen LogP contribution < -0.4 is 0 Å². The fourth-order valence-corrected chi connectivity index (χ4v) is 7.25. The van der Waals surface area contributed by atoms with E-state index in [2.05, 4.69) is 157 Å². The summed E-state index contributed by atoms with van der Waals surface area (Å²) in [6.45, 7) is 13.5. The van der Waals surface area contributed by atoms with Gasteiger partial charge in [0, 0.05) is 5.92 Å². The molecular formula is C45H46. The number of benzene rings is 6. The van der Waals surface area contributed by atoms with E-state index < -0.39 is 0 Å². The van der Waals surface area contributed by atoms with E-state index in [1.807, 2.05) is 0 Å². The average Bonchev–Trinajstić information content (AvgIpc) is 3.04. The highest BCUT2D eigenvalue weighted by molar-refractivity contribution is 5.97. The molecule has 0 fully saturated rings. The fourth-order valence-electron chi connectivity index (χ4n) is 7.25. The van der Waals surface area contributed by atoms with E-state index in [-0.39, 0.29) is 5.92 Å². The van der Waals surface area contributed by atoms with Gasteiger partial charge < -0.3 is 0 Å². The summed E-state index contributed by atoms with van der Waals surface area (Å²) in [7, 11) is 0. The highest BCUT2D eigenvalue weighted by Gasteiger charge is 2.21. The summed E-state index contributed by atoms with van der Waals surface area (Å²) in [6, 6.07) is 43.8. The molecule has 0 aromatic heterocycles. The monoisotopic (exact) mass is 586 g/mol. The summed E-state index contributed by atoms with van der Waals surface area (Å²) in [5.41, 5.74) is 15.1. The Morgan fingerprint density at radius 1 is 0.511 bits per heavy atom. The SMILES string of the molecule is CCCC/C(=C(/CC)c1ccc2cc(C(c3ccc(C)cc3C)c3ccc(C)cc3C)ccc2c1)c1ccc2ccccc2c1. The van der Waals surface area contributed by atoms with Crippen LogP contribution in [0.3, 0.4) is 0 Å². The second kappa shape index (κ2) is 13.3. The zero-order valence-electron chi connectivity index (χ0n) is 27.9. The number of unbranched alkanes of at least 4 members (excludes halogenated alkanes) is 1. The lowest BCUT2D eigenvalue weighted by atomic mass is 9.80. The lowest BCUT2D eigenvalue weighted by Gasteiger charge is -2.24. The van der Waals surface area contributed by atoms with Gasteiger partial charge in [-0.1, -0.05) is 135 Å². The van der Waals surface area contributed by atoms with Gasteiger partial charge in [0.1, 0.15) is 0 Å². The van der Waals surface area contributed by atoms with Crippen LogP contribution in [-0.2, 0) is 0 Å². The standard InChI is InChI=1S/C45H46/c1-7-9-14-44(39-20-17-34-12-10-11-13-35(34)27-39)41(8-2)38-21-18-37-29-40(22-19-36(37)28-38)45(42-23-15-30(3)25-32(42)5)43-24-16-31(4)26-33(43)6/h10-13,15-29,45H,7-9,14H2,1-6H3/b44-41+. The molecule has 45 heavy (non-hydrogen) atoms. The molecule has 0 aliphatic heterocycles. The maximum absolute atomic E-state index is 2.43. The molecule has 0 saturated carbocycles. The fraction of sp³-hybridized carbons (Fsp3) is 0.244. The molecule has 0 unspecified atom stereocenters. The summed E-state index contributed by atoms with van der Waals surface area (Å²) >= 11 is 0. The van der Waals surface area contributed by atoms with E-state index in [4.69, 9.17) is 0 Å². The van der Waals surface area contributed by atoms with Crippen molar-refractivity contribution < 1.29 is 0 Å². The van der Waals surface area contributed by atoms with Crippen molar-refractivity contribution >= 4 is 32.7 Å². The minimum Gasteiger partial charge on any atom is -0.0654 e. The number of hydrogen-bond acceptors (Lipinski definition) is 0. The van der Waals surface area contributed by atoms with Gasteiger partial charge >= 0.3 is 0 Å². The molecule has 0 aliphatic rings. The van der Waals surface area contributed by atoms with E-state index in [0.29, 0.717) is 0 Å². The Morgan fingerprint density at radius 3 is 1.64 bits per heavy atom. The third-order valence-corrected chi connectivity index (χ3v) is 9.61. The quantitative estimate of drug-likeness (QED) is 0.117. The first-order valence-electron chi connectivity index (χ1n) is 16.8. The molecule has 0 nitrogen and oxygen atoms in total. The molecule has 226 valence electrons. The maximum atomic E-state index is 2.43. The summed E-state index contributed by atoms with van der Waals surface area (Å²) in [6.07, 6.45) is 4.50. The van der Waals surface area contributed by atoms with Crippen LogP contribution in [0.1, 0.15) is 95.5 Å². The zero-order valence-corrected chi connectivity index (χ0v) is 27.9. The van der Waals surface area contributed by atoms with Gasteiger partial charge in [0.05, 0.1) is 0 Å². The highest BCUT2D eigenvalue weighted by atomic mass is 14.2. The minimum absolute atomic E-state index is 0.190. The van der Waals surface area contributed by atoms with E-state index in [1.54, 1.807) is 0 Å². The lowest BCUT2D eigenvalue weighted by Crippen LogP contribution is -2.08. The first kappa shape index (κ1) is 30.6. The first-order chi connectivity index (χ1) is 21.9. The van der Waals surface area contributed by atoms with Gasteiger partial charge in [0.2, 0.25) is 0 Å². The van der Waals surface area contributed by atoms with Crippen LogP contribution in [0, 0.1) is 27.7 Å². The molecule has 0 atom stereocenters. The van der Waals surface area contributed by atoms with Gasteiger partial charge in [-0.05, 0) is 131 Å². The van der Waals surface area contributed by atoms with Crippen LogP contribution in [0.5, 0.6) is 0 Å². The third kappa shape index (κ3) is 6.38. The van der Waals surface area contributed by atoms with Crippen molar-refractivity contribution in [3.63, 3.8) is 0 Å². The highest BCUT2D eigenvalue weighted by Crippen LogP contribution is 2.39. The second-order valence-corrected chi connectivity index (χ2v) is 13.0. The molecule has 0 amide bonds. The van der Waals surface area contributed by atoms with Crippen molar-refractivity contribution in [3.05, 3.63) is 165 Å². The largest absolute Gasteiger partial charge is 0.0654 e. The molecule has 6 aromatic carbocycles. The molecular weight excluding hydrogens is 540 g/mol. The third-order valence-electron chi connectivity index (χ3n) is 9.61. The average molecular weight is 587 g/mol. The van der Waals surface area contributed by atoms with Crippen molar-refractivity contribution in [2.24, 2.45) is 0 Å². The summed E-state index contributed by atoms with van der Waals surface area (Å²) in [5.74, 6) is 0.190. The molecule has 0 heteroatoms. The van der Waals surface area contributed by atoms with E-state index in [1.165, 1.54) is 95.6 Å². The molecule has 6 aromatic rings. The van der Waals surface area contributed by atoms with Gasteiger partial charge in [-0.2, -0.15) is 0 Å². The van der Waals surface area contributed by atoms with Gasteiger partial charge in [0.25, 0.3) is 0 Å². The molecule has 0 spiro atoms. The smallest absolute Gasteiger partial charge is 0.0345 e. The van der Waals surface area contributed by atoms with Crippen molar-refractivity contribution in [2.45, 2.75) is 73.1 Å². The molecule has 0 N–H and O–H groups in total. The predicted octanol–water partition coefficient (Wildman–Crippen LogP) is 12.9. The predicted molar refractivity (Wildman–Crippen MR) is 197 cm³/mol. The van der Waals surface area contributed by atoms with E-state index >= 15 is 0 Å². The minimum atomic E-state index is 0.190. The second-order valence-electron chi connectivity index (χ2n) is 13.0. The van der Waals surface area contributed by atoms with Crippen molar-refractivity contribution in [3.8, 4) is 0 Å². The molecule has 6 rings (SSSR count). The number of rotatable bonds is 9. The Morgan fingerprint density at radius 2 is 1.04 bits per heavy atom. The van der Waals surface area contributed by atoms with Crippen LogP contribution in [-0.4, -0.2) is 0 Å². The van der Waals surface area contributed by atoms with Gasteiger partial charge in [-0.15, -0.1) is 0 Å². The van der Waals surface area contributed by atoms with Crippen molar-refractivity contribution in [1.82, 2.24) is 0 Å².